The van der Waals surface area contributed by atoms with Gasteiger partial charge in [-0.25, -0.2) is 25.3 Å². The summed E-state index contributed by atoms with van der Waals surface area (Å²) in [5.74, 6) is -2.62. The van der Waals surface area contributed by atoms with Crippen LogP contribution in [0.5, 0.6) is 0 Å². The average molecular weight is 1110 g/mol. The van der Waals surface area contributed by atoms with Gasteiger partial charge in [0.05, 0.1) is 81.8 Å². The van der Waals surface area contributed by atoms with E-state index in [9.17, 15) is 54.1 Å². The number of hydrogen-bond donors (Lipinski definition) is 0. The van der Waals surface area contributed by atoms with E-state index < -0.39 is 53.6 Å². The standard InChI is InChI=1S/C15H16N2O2.2C12H12N2O6S2.3Na.Ru/c1-11-5-7-16-13(9-11)14-10-12(6-8-17-14)3-2-4-15(18)19;15-21(16,17)7-9-1-3-13-11(5-9)12-6-10(2-4-14-12)8-22(18,19)20;15-19-20-21-7-9-1-3-13-11(5-9)12-6-10(2-4-14-12)8-22(16,17)18;;;;/h5-10H,2-4H2,1H3,(H,18,19);1-6H,7-8H2,(H,15,16,17)(H,18,19,20);1-6,15H,7-8H2,(H,16,17,18);;;;/q;;;3*+1;/p-5. The molecule has 0 aromatic carbocycles. The number of carbonyl (C=O) groups excluding carboxylic acids is 1. The second kappa shape index (κ2) is 32.0. The van der Waals surface area contributed by atoms with Gasteiger partial charge < -0.3 is 28.8 Å². The number of carboxylic acid groups (broad SMARTS) is 1. The molecule has 0 unspecified atom stereocenters. The summed E-state index contributed by atoms with van der Waals surface area (Å²) in [4.78, 5) is 35.2. The van der Waals surface area contributed by atoms with E-state index >= 15 is 0 Å². The van der Waals surface area contributed by atoms with E-state index in [2.05, 4.69) is 39.3 Å². The van der Waals surface area contributed by atoms with Gasteiger partial charge in [0.1, 0.15) is 0 Å². The van der Waals surface area contributed by atoms with Gasteiger partial charge in [0.25, 0.3) is 0 Å². The predicted octanol–water partition coefficient (Wildman–Crippen LogP) is -6.67. The second-order valence-electron chi connectivity index (χ2n) is 13.2. The Hall–Kier alpha value is -2.05. The van der Waals surface area contributed by atoms with Gasteiger partial charge in [0.15, 0.2) is 0 Å². The van der Waals surface area contributed by atoms with Crippen LogP contribution in [0.4, 0.5) is 0 Å². The van der Waals surface area contributed by atoms with Crippen molar-refractivity contribution in [2.75, 3.05) is 0 Å². The fraction of sp³-hybridized carbons (Fsp3) is 0.205. The number of carbonyl (C=O) groups is 1. The topological polar surface area (TPSA) is 331 Å². The van der Waals surface area contributed by atoms with Gasteiger partial charge >= 0.3 is 88.7 Å². The Morgan fingerprint density at radius 3 is 1.19 bits per heavy atom. The van der Waals surface area contributed by atoms with Gasteiger partial charge in [-0.05, 0) is 132 Å². The van der Waals surface area contributed by atoms with E-state index in [0.717, 1.165) is 40.1 Å². The molecule has 0 aliphatic heterocycles. The third kappa shape index (κ3) is 26.7. The van der Waals surface area contributed by atoms with Crippen molar-refractivity contribution in [3.63, 3.8) is 0 Å². The molecule has 6 heterocycles. The first-order valence-electron chi connectivity index (χ1n) is 18.0. The predicted molar refractivity (Wildman–Crippen MR) is 219 cm³/mol. The fourth-order valence-corrected chi connectivity index (χ4v) is 7.59. The minimum Gasteiger partial charge on any atom is -0.748 e. The Morgan fingerprint density at radius 1 is 0.537 bits per heavy atom. The zero-order valence-electron chi connectivity index (χ0n) is 36.2. The molecule has 0 aliphatic rings. The molecular weight excluding hydrogens is 1070 g/mol. The summed E-state index contributed by atoms with van der Waals surface area (Å²) in [6, 6.07) is 19.6. The number of aryl methyl sites for hydroxylation is 2. The molecule has 0 radical (unpaired) electrons. The Balaban J connectivity index is 0.000000950. The van der Waals surface area contributed by atoms with Crippen LogP contribution >= 0.6 is 12.0 Å². The van der Waals surface area contributed by atoms with Crippen LogP contribution < -0.4 is 99.0 Å². The van der Waals surface area contributed by atoms with Crippen molar-refractivity contribution in [2.24, 2.45) is 0 Å². The van der Waals surface area contributed by atoms with Crippen LogP contribution in [0.1, 0.15) is 46.2 Å². The number of aliphatic carboxylic acids is 1. The summed E-state index contributed by atoms with van der Waals surface area (Å²) in [6.07, 6.45) is 10.4. The van der Waals surface area contributed by atoms with Crippen molar-refractivity contribution in [2.45, 2.75) is 49.2 Å². The van der Waals surface area contributed by atoms with E-state index in [4.69, 9.17) is 0 Å². The summed E-state index contributed by atoms with van der Waals surface area (Å²) in [6.45, 7) is 2.01. The monoisotopic (exact) mass is 1110 g/mol. The number of hydrogen-bond acceptors (Lipinski definition) is 21. The van der Waals surface area contributed by atoms with Crippen molar-refractivity contribution in [3.8, 4) is 34.2 Å². The number of rotatable bonds is 17. The largest absolute Gasteiger partial charge is 1.00 e. The summed E-state index contributed by atoms with van der Waals surface area (Å²) in [5, 5.41) is 23.3. The van der Waals surface area contributed by atoms with Gasteiger partial charge in [-0.2, -0.15) is 4.33 Å². The number of nitrogens with zero attached hydrogens (tertiary/aromatic N) is 6. The van der Waals surface area contributed by atoms with Crippen LogP contribution in [-0.4, -0.2) is 74.8 Å². The SMILES string of the molecule is Cc1ccnc(-c2cc(CCCC(=O)[O-])ccn2)c1.O=S(=O)([O-])Cc1ccnc(-c2cc(CS(=O)(=O)[O-])ccn2)c1.O=S(=O)([O-])Cc1ccnc(-c2cc(CSOO[O-])ccn2)c1.[Na+].[Na+].[Na+].[Ru]. The molecule has 0 amide bonds. The first-order valence-corrected chi connectivity index (χ1v) is 23.7. The van der Waals surface area contributed by atoms with Crippen LogP contribution in [0.25, 0.3) is 34.2 Å². The number of aromatic nitrogens is 6. The second-order valence-corrected chi connectivity index (χ2v) is 18.1. The molecule has 6 rings (SSSR count). The number of pyridine rings is 6. The van der Waals surface area contributed by atoms with Gasteiger partial charge in [-0.15, -0.1) is 0 Å². The average Bonchev–Trinajstić information content (AvgIpc) is 3.20. The normalized spacial score (nSPS) is 10.8. The molecule has 0 saturated heterocycles. The molecule has 0 spiro atoms. The van der Waals surface area contributed by atoms with Gasteiger partial charge in [-0.1, -0.05) is 0 Å². The third-order valence-corrected chi connectivity index (χ3v) is 10.7. The quantitative estimate of drug-likeness (QED) is 0.0205. The summed E-state index contributed by atoms with van der Waals surface area (Å²) in [5.41, 5.74) is 6.95. The van der Waals surface area contributed by atoms with E-state index in [1.807, 2.05) is 31.2 Å². The first kappa shape index (κ1) is 65.0. The fourth-order valence-electron chi connectivity index (χ4n) is 5.42. The minimum atomic E-state index is -4.43. The minimum absolute atomic E-state index is 0. The maximum Gasteiger partial charge on any atom is 1.00 e. The summed E-state index contributed by atoms with van der Waals surface area (Å²) >= 11 is 0.818. The zero-order chi connectivity index (χ0) is 46.0. The Kier molecular flexibility index (Phi) is 31.1. The third-order valence-electron chi connectivity index (χ3n) is 8.00. The molecular formula is C39H35N6Na3O14RuS4-2. The number of carboxylic acids is 1. The molecule has 28 heteroatoms. The van der Waals surface area contributed by atoms with Crippen LogP contribution in [0.2, 0.25) is 0 Å². The first-order chi connectivity index (χ1) is 29.7. The molecule has 0 aliphatic carbocycles. The molecule has 6 aromatic heterocycles. The summed E-state index contributed by atoms with van der Waals surface area (Å²) < 4.78 is 101. The van der Waals surface area contributed by atoms with E-state index in [1.165, 1.54) is 55.0 Å². The van der Waals surface area contributed by atoms with Crippen molar-refractivity contribution < 1.29 is 172 Å². The Labute approximate surface area is 471 Å². The van der Waals surface area contributed by atoms with Crippen molar-refractivity contribution in [3.05, 3.63) is 143 Å². The van der Waals surface area contributed by atoms with Crippen LogP contribution in [0.3, 0.4) is 0 Å². The smallest absolute Gasteiger partial charge is 0.748 e. The van der Waals surface area contributed by atoms with E-state index in [1.54, 1.807) is 30.7 Å². The molecule has 0 atom stereocenters. The Bertz CT molecular complexity index is 2770. The van der Waals surface area contributed by atoms with Crippen molar-refractivity contribution in [1.29, 1.82) is 0 Å². The molecule has 6 aromatic rings. The molecule has 67 heavy (non-hydrogen) atoms. The maximum atomic E-state index is 10.8. The molecule has 20 nitrogen and oxygen atoms in total. The molecule has 0 bridgehead atoms. The van der Waals surface area contributed by atoms with Crippen LogP contribution in [0, 0.1) is 6.92 Å². The molecule has 0 N–H and O–H groups in total. The van der Waals surface area contributed by atoms with Crippen LogP contribution in [-0.2, 0) is 93.4 Å². The van der Waals surface area contributed by atoms with Crippen molar-refractivity contribution >= 4 is 48.4 Å². The maximum absolute atomic E-state index is 10.8. The molecule has 0 saturated carbocycles. The van der Waals surface area contributed by atoms with Gasteiger partial charge in [0.2, 0.25) is 0 Å². The zero-order valence-corrected chi connectivity index (χ0v) is 47.2. The molecule has 342 valence electrons. The molecule has 0 fully saturated rings. The Morgan fingerprint density at radius 2 is 0.851 bits per heavy atom. The van der Waals surface area contributed by atoms with Crippen molar-refractivity contribution in [1.82, 2.24) is 29.9 Å². The van der Waals surface area contributed by atoms with E-state index in [0.29, 0.717) is 35.5 Å². The van der Waals surface area contributed by atoms with Crippen LogP contribution in [0.15, 0.2) is 110 Å². The van der Waals surface area contributed by atoms with Gasteiger partial charge in [0, 0.05) is 80.4 Å². The summed E-state index contributed by atoms with van der Waals surface area (Å²) in [7, 11) is -13.2. The van der Waals surface area contributed by atoms with Gasteiger partial charge in [-0.3, -0.25) is 34.9 Å². The van der Waals surface area contributed by atoms with E-state index in [-0.39, 0.29) is 137 Å².